The van der Waals surface area contributed by atoms with E-state index in [1.807, 2.05) is 0 Å². The fourth-order valence-electron chi connectivity index (χ4n) is 3.38. The van der Waals surface area contributed by atoms with Crippen LogP contribution in [0.15, 0.2) is 0 Å². The highest BCUT2D eigenvalue weighted by Gasteiger charge is 2.32. The minimum Gasteiger partial charge on any atom is -0.365 e. The average molecular weight is 377 g/mol. The number of nitro groups is 1. The fraction of sp³-hybridized carbons (Fsp3) is 0.438. The second kappa shape index (κ2) is 6.52. The van der Waals surface area contributed by atoms with E-state index in [9.17, 15) is 19.7 Å². The highest BCUT2D eigenvalue weighted by atomic mass is 32.1. The van der Waals surface area contributed by atoms with E-state index in [4.69, 9.17) is 5.73 Å². The molecular weight excluding hydrogens is 358 g/mol. The van der Waals surface area contributed by atoms with Crippen LogP contribution in [0.4, 0.5) is 10.7 Å². The Morgan fingerprint density at radius 3 is 2.77 bits per heavy atom. The first-order valence-corrected chi connectivity index (χ1v) is 8.96. The van der Waals surface area contributed by atoms with Crippen LogP contribution in [0.1, 0.15) is 50.3 Å². The van der Waals surface area contributed by atoms with Gasteiger partial charge in [-0.05, 0) is 37.7 Å². The van der Waals surface area contributed by atoms with Crippen molar-refractivity contribution in [3.05, 3.63) is 37.5 Å². The van der Waals surface area contributed by atoms with Crippen LogP contribution in [0.5, 0.6) is 0 Å². The lowest BCUT2D eigenvalue weighted by atomic mass is 9.88. The van der Waals surface area contributed by atoms with Crippen molar-refractivity contribution >= 4 is 33.8 Å². The van der Waals surface area contributed by atoms with E-state index in [1.165, 1.54) is 30.0 Å². The summed E-state index contributed by atoms with van der Waals surface area (Å²) in [4.78, 5) is 36.3. The number of rotatable bonds is 4. The number of nitrogens with zero attached hydrogens (tertiary/aromatic N) is 3. The van der Waals surface area contributed by atoms with Crippen LogP contribution >= 0.6 is 11.3 Å². The van der Waals surface area contributed by atoms with Crippen LogP contribution in [-0.4, -0.2) is 26.5 Å². The van der Waals surface area contributed by atoms with Crippen LogP contribution in [0.2, 0.25) is 0 Å². The van der Waals surface area contributed by atoms with Gasteiger partial charge in [0.2, 0.25) is 5.69 Å². The topological polar surface area (TPSA) is 133 Å². The lowest BCUT2D eigenvalue weighted by Crippen LogP contribution is -2.21. The quantitative estimate of drug-likeness (QED) is 0.622. The molecule has 2 amide bonds. The van der Waals surface area contributed by atoms with Crippen LogP contribution in [0.25, 0.3) is 0 Å². The molecule has 1 aliphatic rings. The first-order valence-electron chi connectivity index (χ1n) is 8.14. The summed E-state index contributed by atoms with van der Waals surface area (Å²) in [6.07, 6.45) is 2.50. The Morgan fingerprint density at radius 2 is 2.15 bits per heavy atom. The zero-order valence-electron chi connectivity index (χ0n) is 14.7. The number of aryl methyl sites for hydroxylation is 2. The molecule has 9 nitrogen and oxygen atoms in total. The molecule has 0 unspecified atom stereocenters. The molecule has 0 spiro atoms. The van der Waals surface area contributed by atoms with E-state index in [-0.39, 0.29) is 17.1 Å². The van der Waals surface area contributed by atoms with Crippen LogP contribution in [0, 0.1) is 23.0 Å². The number of amides is 2. The van der Waals surface area contributed by atoms with Crippen molar-refractivity contribution in [1.82, 2.24) is 9.78 Å². The van der Waals surface area contributed by atoms with Crippen molar-refractivity contribution < 1.29 is 14.5 Å². The van der Waals surface area contributed by atoms with Gasteiger partial charge in [-0.1, -0.05) is 6.92 Å². The largest absolute Gasteiger partial charge is 0.365 e. The number of nitrogens with one attached hydrogen (secondary N) is 1. The van der Waals surface area contributed by atoms with Crippen LogP contribution < -0.4 is 11.1 Å². The summed E-state index contributed by atoms with van der Waals surface area (Å²) in [6, 6.07) is 0. The van der Waals surface area contributed by atoms with Gasteiger partial charge in [0, 0.05) is 11.9 Å². The highest BCUT2D eigenvalue weighted by molar-refractivity contribution is 7.17. The molecule has 0 fully saturated rings. The third-order valence-electron chi connectivity index (χ3n) is 4.57. The molecule has 0 saturated carbocycles. The molecule has 10 heteroatoms. The maximum Gasteiger partial charge on any atom is 0.322 e. The standard InChI is InChI=1S/C16H19N5O4S/c1-7-4-5-9-10(6-7)26-16(11(9)14(17)22)18-15(23)13-12(21(24)25)8(2)19-20(13)3/h7H,4-6H2,1-3H3,(H2,17,22)(H,18,23)/t7-/m0/s1. The van der Waals surface area contributed by atoms with Crippen molar-refractivity contribution in [2.75, 3.05) is 5.32 Å². The minimum atomic E-state index is -0.686. The fourth-order valence-corrected chi connectivity index (χ4v) is 4.79. The van der Waals surface area contributed by atoms with E-state index in [1.54, 1.807) is 0 Å². The van der Waals surface area contributed by atoms with Crippen LogP contribution in [0.3, 0.4) is 0 Å². The van der Waals surface area contributed by atoms with Crippen molar-refractivity contribution in [2.45, 2.75) is 33.1 Å². The summed E-state index contributed by atoms with van der Waals surface area (Å²) in [7, 11) is 1.46. The molecule has 1 atom stereocenters. The molecule has 3 N–H and O–H groups in total. The van der Waals surface area contributed by atoms with Gasteiger partial charge in [-0.3, -0.25) is 24.4 Å². The summed E-state index contributed by atoms with van der Waals surface area (Å²) in [5.74, 6) is -0.803. The molecule has 3 rings (SSSR count). The van der Waals surface area contributed by atoms with Gasteiger partial charge < -0.3 is 11.1 Å². The van der Waals surface area contributed by atoms with Gasteiger partial charge in [-0.15, -0.1) is 11.3 Å². The molecule has 2 aromatic heterocycles. The second-order valence-corrected chi connectivity index (χ2v) is 7.64. The lowest BCUT2D eigenvalue weighted by Gasteiger charge is -2.18. The molecule has 138 valence electrons. The maximum absolute atomic E-state index is 12.7. The van der Waals surface area contributed by atoms with Crippen molar-refractivity contribution in [3.63, 3.8) is 0 Å². The van der Waals surface area contributed by atoms with Gasteiger partial charge in [0.05, 0.1) is 10.5 Å². The summed E-state index contributed by atoms with van der Waals surface area (Å²) in [5.41, 5.74) is 6.37. The molecule has 0 saturated heterocycles. The van der Waals surface area contributed by atoms with E-state index in [0.29, 0.717) is 16.5 Å². The Labute approximate surface area is 153 Å². The number of thiophene rings is 1. The summed E-state index contributed by atoms with van der Waals surface area (Å²) >= 11 is 1.31. The number of carbonyl (C=O) groups excluding carboxylic acids is 2. The average Bonchev–Trinajstić information content (AvgIpc) is 3.02. The van der Waals surface area contributed by atoms with Gasteiger partial charge >= 0.3 is 5.69 Å². The first-order chi connectivity index (χ1) is 12.2. The van der Waals surface area contributed by atoms with Crippen LogP contribution in [-0.2, 0) is 19.9 Å². The Balaban J connectivity index is 2.01. The number of fused-ring (bicyclic) bond motifs is 1. The van der Waals surface area contributed by atoms with E-state index in [0.717, 1.165) is 29.7 Å². The van der Waals surface area contributed by atoms with Gasteiger partial charge in [0.15, 0.2) is 0 Å². The van der Waals surface area contributed by atoms with Crippen molar-refractivity contribution in [1.29, 1.82) is 0 Å². The number of nitrogens with two attached hydrogens (primary N) is 1. The third kappa shape index (κ3) is 2.96. The Hall–Kier alpha value is -2.75. The zero-order valence-corrected chi connectivity index (χ0v) is 15.5. The maximum atomic E-state index is 12.7. The lowest BCUT2D eigenvalue weighted by molar-refractivity contribution is -0.385. The monoisotopic (exact) mass is 377 g/mol. The predicted octanol–water partition coefficient (Wildman–Crippen LogP) is 2.17. The number of primary amides is 1. The molecule has 0 aliphatic heterocycles. The molecule has 26 heavy (non-hydrogen) atoms. The van der Waals surface area contributed by atoms with E-state index in [2.05, 4.69) is 17.3 Å². The highest BCUT2D eigenvalue weighted by Crippen LogP contribution is 2.39. The molecule has 0 radical (unpaired) electrons. The third-order valence-corrected chi connectivity index (χ3v) is 5.74. The minimum absolute atomic E-state index is 0.150. The number of anilines is 1. The second-order valence-electron chi connectivity index (χ2n) is 6.54. The molecule has 0 bridgehead atoms. The Kier molecular flexibility index (Phi) is 4.53. The molecule has 2 aromatic rings. The smallest absolute Gasteiger partial charge is 0.322 e. The SMILES string of the molecule is Cc1nn(C)c(C(=O)Nc2sc3c(c2C(N)=O)CC[C@H](C)C3)c1[N+](=O)[O-]. The summed E-state index contributed by atoms with van der Waals surface area (Å²) in [6.45, 7) is 3.60. The number of carbonyl (C=O) groups is 2. The predicted molar refractivity (Wildman–Crippen MR) is 96.6 cm³/mol. The molecule has 0 aromatic carbocycles. The van der Waals surface area contributed by atoms with Gasteiger partial charge in [0.25, 0.3) is 11.8 Å². The molecule has 2 heterocycles. The van der Waals surface area contributed by atoms with Gasteiger partial charge in [-0.2, -0.15) is 5.10 Å². The summed E-state index contributed by atoms with van der Waals surface area (Å²) in [5, 5.41) is 18.2. The molecule has 1 aliphatic carbocycles. The summed E-state index contributed by atoms with van der Waals surface area (Å²) < 4.78 is 1.17. The van der Waals surface area contributed by atoms with Gasteiger partial charge in [0.1, 0.15) is 10.7 Å². The Bertz CT molecular complexity index is 930. The zero-order chi connectivity index (χ0) is 19.2. The first kappa shape index (κ1) is 18.1. The van der Waals surface area contributed by atoms with Crippen molar-refractivity contribution in [3.8, 4) is 0 Å². The van der Waals surface area contributed by atoms with E-state index >= 15 is 0 Å². The van der Waals surface area contributed by atoms with Crippen molar-refractivity contribution in [2.24, 2.45) is 18.7 Å². The number of hydrogen-bond acceptors (Lipinski definition) is 6. The van der Waals surface area contributed by atoms with Gasteiger partial charge in [-0.25, -0.2) is 0 Å². The normalized spacial score (nSPS) is 16.2. The number of aromatic nitrogens is 2. The molecular formula is C16H19N5O4S. The Morgan fingerprint density at radius 1 is 1.46 bits per heavy atom. The number of hydrogen-bond donors (Lipinski definition) is 2. The van der Waals surface area contributed by atoms with E-state index < -0.39 is 16.7 Å².